The van der Waals surface area contributed by atoms with E-state index in [0.717, 1.165) is 16.6 Å². The molecule has 43 heavy (non-hydrogen) atoms. The number of rotatable bonds is 10. The van der Waals surface area contributed by atoms with Gasteiger partial charge < -0.3 is 29.6 Å². The van der Waals surface area contributed by atoms with Crippen LogP contribution in [-0.4, -0.2) is 52.2 Å². The van der Waals surface area contributed by atoms with E-state index in [9.17, 15) is 9.59 Å². The topological polar surface area (TPSA) is 124 Å². The van der Waals surface area contributed by atoms with Gasteiger partial charge in [-0.3, -0.25) is 4.79 Å². The van der Waals surface area contributed by atoms with Crippen molar-refractivity contribution in [3.05, 3.63) is 91.4 Å². The lowest BCUT2D eigenvalue weighted by molar-refractivity contribution is -0.111. The number of carbonyl (C=O) groups is 2. The van der Waals surface area contributed by atoms with Crippen molar-refractivity contribution in [3.63, 3.8) is 0 Å². The number of anilines is 5. The van der Waals surface area contributed by atoms with Gasteiger partial charge in [0.25, 0.3) is 0 Å². The standard InChI is InChI=1S/C32H31N7O4/c1-6-29(40)35-24-17-25(28(42-5)18-27(24)39(4)26-13-9-8-11-21(26)31(41)43-7-2)37-32-34-16-14-23(36-32)22-19-38(3)30-20(22)12-10-15-33-30/h6,8-19H,1,7H2,2-5H3,(H,35,40)(H,34,36,37). The molecule has 5 rings (SSSR count). The molecule has 2 aromatic carbocycles. The number of hydrogen-bond acceptors (Lipinski definition) is 9. The monoisotopic (exact) mass is 577 g/mol. The van der Waals surface area contributed by atoms with Gasteiger partial charge in [0.05, 0.1) is 47.7 Å². The quantitative estimate of drug-likeness (QED) is 0.155. The first kappa shape index (κ1) is 28.8. The largest absolute Gasteiger partial charge is 0.494 e. The van der Waals surface area contributed by atoms with Crippen LogP contribution in [0.5, 0.6) is 5.75 Å². The minimum atomic E-state index is -0.453. The second kappa shape index (κ2) is 12.4. The lowest BCUT2D eigenvalue weighted by Crippen LogP contribution is -2.18. The average Bonchev–Trinajstić information content (AvgIpc) is 3.37. The first-order valence-electron chi connectivity index (χ1n) is 13.5. The predicted molar refractivity (Wildman–Crippen MR) is 167 cm³/mol. The van der Waals surface area contributed by atoms with Crippen molar-refractivity contribution in [1.29, 1.82) is 0 Å². The Balaban J connectivity index is 1.56. The number of hydrogen-bond donors (Lipinski definition) is 2. The van der Waals surface area contributed by atoms with Crippen LogP contribution in [0.1, 0.15) is 17.3 Å². The lowest BCUT2D eigenvalue weighted by atomic mass is 10.1. The number of benzene rings is 2. The fourth-order valence-corrected chi connectivity index (χ4v) is 4.78. The molecule has 0 fully saturated rings. The number of para-hydroxylation sites is 1. The van der Waals surface area contributed by atoms with Gasteiger partial charge in [0.15, 0.2) is 0 Å². The third kappa shape index (κ3) is 5.87. The maximum Gasteiger partial charge on any atom is 0.340 e. The van der Waals surface area contributed by atoms with Crippen molar-refractivity contribution in [2.45, 2.75) is 6.92 Å². The molecule has 3 heterocycles. The highest BCUT2D eigenvalue weighted by Crippen LogP contribution is 2.41. The Bertz CT molecular complexity index is 1830. The number of nitrogens with one attached hydrogen (secondary N) is 2. The van der Waals surface area contributed by atoms with E-state index in [-0.39, 0.29) is 6.61 Å². The van der Waals surface area contributed by atoms with Crippen LogP contribution < -0.4 is 20.3 Å². The zero-order valence-corrected chi connectivity index (χ0v) is 24.3. The van der Waals surface area contributed by atoms with Gasteiger partial charge in [-0.25, -0.2) is 19.7 Å². The Kier molecular flexibility index (Phi) is 8.33. The fraction of sp³-hybridized carbons (Fsp3) is 0.156. The Labute approximate surface area is 248 Å². The van der Waals surface area contributed by atoms with Gasteiger partial charge in [-0.15, -0.1) is 0 Å². The number of aromatic nitrogens is 4. The highest BCUT2D eigenvalue weighted by Gasteiger charge is 2.21. The van der Waals surface area contributed by atoms with Gasteiger partial charge in [0.1, 0.15) is 11.4 Å². The third-order valence-electron chi connectivity index (χ3n) is 6.79. The summed E-state index contributed by atoms with van der Waals surface area (Å²) in [6.07, 6.45) is 6.58. The maximum absolute atomic E-state index is 12.7. The third-order valence-corrected chi connectivity index (χ3v) is 6.79. The van der Waals surface area contributed by atoms with E-state index in [1.807, 2.05) is 42.1 Å². The summed E-state index contributed by atoms with van der Waals surface area (Å²) in [5.41, 5.74) is 4.94. The Hall–Kier alpha value is -5.71. The number of carbonyl (C=O) groups excluding carboxylic acids is 2. The van der Waals surface area contributed by atoms with Crippen LogP contribution >= 0.6 is 0 Å². The van der Waals surface area contributed by atoms with Gasteiger partial charge in [-0.2, -0.15) is 0 Å². The summed E-state index contributed by atoms with van der Waals surface area (Å²) in [4.78, 5) is 40.6. The number of pyridine rings is 1. The van der Waals surface area contributed by atoms with Crippen LogP contribution in [0.2, 0.25) is 0 Å². The molecule has 0 saturated heterocycles. The van der Waals surface area contributed by atoms with Gasteiger partial charge in [0.2, 0.25) is 11.9 Å². The van der Waals surface area contributed by atoms with Gasteiger partial charge in [-0.1, -0.05) is 18.7 Å². The maximum atomic E-state index is 12.7. The average molecular weight is 578 g/mol. The van der Waals surface area contributed by atoms with Crippen LogP contribution in [0.3, 0.4) is 0 Å². The summed E-state index contributed by atoms with van der Waals surface area (Å²) in [5.74, 6) is -0.0833. The lowest BCUT2D eigenvalue weighted by Gasteiger charge is -2.26. The van der Waals surface area contributed by atoms with E-state index < -0.39 is 11.9 Å². The number of aryl methyl sites for hydroxylation is 1. The summed E-state index contributed by atoms with van der Waals surface area (Å²) in [6.45, 7) is 5.57. The Morgan fingerprint density at radius 2 is 1.86 bits per heavy atom. The number of esters is 1. The minimum absolute atomic E-state index is 0.242. The smallest absolute Gasteiger partial charge is 0.340 e. The summed E-state index contributed by atoms with van der Waals surface area (Å²) in [6, 6.07) is 16.3. The number of fused-ring (bicyclic) bond motifs is 1. The summed E-state index contributed by atoms with van der Waals surface area (Å²) < 4.78 is 13.0. The second-order valence-corrected chi connectivity index (χ2v) is 9.48. The number of ether oxygens (including phenoxy) is 2. The zero-order chi connectivity index (χ0) is 30.5. The summed E-state index contributed by atoms with van der Waals surface area (Å²) in [7, 11) is 5.27. The molecule has 0 radical (unpaired) electrons. The molecular formula is C32H31N7O4. The summed E-state index contributed by atoms with van der Waals surface area (Å²) in [5, 5.41) is 7.06. The molecule has 2 N–H and O–H groups in total. The van der Waals surface area contributed by atoms with Crippen molar-refractivity contribution in [3.8, 4) is 17.0 Å². The van der Waals surface area contributed by atoms with E-state index in [1.54, 1.807) is 68.7 Å². The van der Waals surface area contributed by atoms with Gasteiger partial charge in [0, 0.05) is 49.7 Å². The molecule has 0 spiro atoms. The molecule has 0 aliphatic rings. The molecule has 0 bridgehead atoms. The second-order valence-electron chi connectivity index (χ2n) is 9.48. The number of amides is 1. The molecule has 218 valence electrons. The zero-order valence-electron chi connectivity index (χ0n) is 24.3. The van der Waals surface area contributed by atoms with E-state index in [1.165, 1.54) is 6.08 Å². The van der Waals surface area contributed by atoms with E-state index in [2.05, 4.69) is 27.2 Å². The van der Waals surface area contributed by atoms with Crippen molar-refractivity contribution >= 4 is 51.6 Å². The minimum Gasteiger partial charge on any atom is -0.494 e. The molecule has 0 aliphatic heterocycles. The molecule has 0 saturated carbocycles. The first-order valence-corrected chi connectivity index (χ1v) is 13.5. The predicted octanol–water partition coefficient (Wildman–Crippen LogP) is 5.85. The summed E-state index contributed by atoms with van der Waals surface area (Å²) >= 11 is 0. The van der Waals surface area contributed by atoms with Crippen molar-refractivity contribution in [2.75, 3.05) is 36.3 Å². The molecule has 3 aromatic heterocycles. The Morgan fingerprint density at radius 1 is 1.05 bits per heavy atom. The molecule has 11 nitrogen and oxygen atoms in total. The first-order chi connectivity index (χ1) is 20.8. The molecule has 1 amide bonds. The molecule has 5 aromatic rings. The van der Waals surface area contributed by atoms with Crippen molar-refractivity contribution in [1.82, 2.24) is 19.5 Å². The van der Waals surface area contributed by atoms with Crippen LogP contribution in [-0.2, 0) is 16.6 Å². The molecule has 11 heteroatoms. The normalized spacial score (nSPS) is 10.7. The van der Waals surface area contributed by atoms with Crippen molar-refractivity contribution in [2.24, 2.45) is 7.05 Å². The highest BCUT2D eigenvalue weighted by atomic mass is 16.5. The van der Waals surface area contributed by atoms with Crippen LogP contribution in [0.15, 0.2) is 85.8 Å². The van der Waals surface area contributed by atoms with Gasteiger partial charge in [-0.05, 0) is 49.4 Å². The van der Waals surface area contributed by atoms with Crippen LogP contribution in [0.4, 0.5) is 28.7 Å². The number of nitrogens with zero attached hydrogens (tertiary/aromatic N) is 5. The molecule has 0 unspecified atom stereocenters. The Morgan fingerprint density at radius 3 is 2.63 bits per heavy atom. The van der Waals surface area contributed by atoms with E-state index in [0.29, 0.717) is 45.7 Å². The van der Waals surface area contributed by atoms with Gasteiger partial charge >= 0.3 is 5.97 Å². The van der Waals surface area contributed by atoms with Crippen LogP contribution in [0, 0.1) is 0 Å². The number of methoxy groups -OCH3 is 1. The SMILES string of the molecule is C=CC(=O)Nc1cc(Nc2nccc(-c3cn(C)c4ncccc34)n2)c(OC)cc1N(C)c1ccccc1C(=O)OCC. The molecular weight excluding hydrogens is 546 g/mol. The van der Waals surface area contributed by atoms with Crippen molar-refractivity contribution < 1.29 is 19.1 Å². The van der Waals surface area contributed by atoms with E-state index in [4.69, 9.17) is 14.5 Å². The molecule has 0 aliphatic carbocycles. The highest BCUT2D eigenvalue weighted by molar-refractivity contribution is 6.04. The van der Waals surface area contributed by atoms with E-state index >= 15 is 0 Å². The van der Waals surface area contributed by atoms with Crippen LogP contribution in [0.25, 0.3) is 22.3 Å². The molecule has 0 atom stereocenters. The fourth-order valence-electron chi connectivity index (χ4n) is 4.78.